The second-order valence-corrected chi connectivity index (χ2v) is 8.09. The van der Waals surface area contributed by atoms with Crippen molar-refractivity contribution >= 4 is 0 Å². The summed E-state index contributed by atoms with van der Waals surface area (Å²) in [6, 6.07) is 0. The Morgan fingerprint density at radius 3 is 1.58 bits per heavy atom. The zero-order chi connectivity index (χ0) is 20.5. The van der Waals surface area contributed by atoms with Crippen molar-refractivity contribution < 1.29 is 19.7 Å². The number of aliphatic hydroxyl groups excluding tert-OH is 2. The molecule has 0 aliphatic heterocycles. The first kappa shape index (κ1) is 28.1. The predicted octanol–water partition coefficient (Wildman–Crippen LogP) is 4.91. The second kappa shape index (κ2) is 18.2. The quantitative estimate of drug-likeness (QED) is 0.452. The highest BCUT2D eigenvalue weighted by atomic mass is 16.5. The van der Waals surface area contributed by atoms with Crippen LogP contribution in [0.5, 0.6) is 0 Å². The summed E-state index contributed by atoms with van der Waals surface area (Å²) in [7, 11) is 3.46. The van der Waals surface area contributed by atoms with Gasteiger partial charge in [0.25, 0.3) is 0 Å². The molecule has 160 valence electrons. The van der Waals surface area contributed by atoms with E-state index >= 15 is 0 Å². The van der Waals surface area contributed by atoms with Crippen LogP contribution < -0.4 is 0 Å². The third kappa shape index (κ3) is 14.0. The summed E-state index contributed by atoms with van der Waals surface area (Å²) in [6.07, 6.45) is 7.46. The molecule has 0 saturated carbocycles. The van der Waals surface area contributed by atoms with Crippen LogP contribution in [-0.2, 0) is 9.47 Å². The molecule has 0 bridgehead atoms. The topological polar surface area (TPSA) is 58.9 Å². The van der Waals surface area contributed by atoms with Crippen LogP contribution in [0.1, 0.15) is 80.1 Å². The van der Waals surface area contributed by atoms with Crippen LogP contribution in [-0.4, -0.2) is 49.9 Å². The first-order valence-electron chi connectivity index (χ1n) is 10.6. The molecule has 0 aliphatic carbocycles. The molecule has 4 nitrogen and oxygen atoms in total. The first-order valence-corrected chi connectivity index (χ1v) is 10.6. The third-order valence-corrected chi connectivity index (χ3v) is 5.51. The SMILES string of the molecule is CCC(C)CCC(OC)C(C)CO.CCCC(C)CC(OC)C(C)CO. The van der Waals surface area contributed by atoms with Crippen LogP contribution in [0.3, 0.4) is 0 Å². The van der Waals surface area contributed by atoms with Crippen molar-refractivity contribution in [3.05, 3.63) is 0 Å². The summed E-state index contributed by atoms with van der Waals surface area (Å²) in [5.41, 5.74) is 0. The highest BCUT2D eigenvalue weighted by Gasteiger charge is 2.18. The minimum Gasteiger partial charge on any atom is -0.396 e. The first-order chi connectivity index (χ1) is 12.3. The summed E-state index contributed by atoms with van der Waals surface area (Å²) in [4.78, 5) is 0. The summed E-state index contributed by atoms with van der Waals surface area (Å²) in [6.45, 7) is 13.4. The maximum Gasteiger partial charge on any atom is 0.0621 e. The molecule has 2 N–H and O–H groups in total. The van der Waals surface area contributed by atoms with Crippen molar-refractivity contribution in [2.45, 2.75) is 92.3 Å². The number of ether oxygens (including phenoxy) is 2. The molecular weight excluding hydrogens is 328 g/mol. The van der Waals surface area contributed by atoms with E-state index in [9.17, 15) is 0 Å². The standard InChI is InChI=1S/2C11H24O2/c1-5-9(2)6-7-11(13-4)10(3)8-12;1-5-6-9(2)7-11(13-4)10(3)8-12/h2*9-12H,5-8H2,1-4H3. The van der Waals surface area contributed by atoms with E-state index in [-0.39, 0.29) is 37.3 Å². The van der Waals surface area contributed by atoms with Crippen molar-refractivity contribution in [3.8, 4) is 0 Å². The van der Waals surface area contributed by atoms with Gasteiger partial charge in [0.1, 0.15) is 0 Å². The lowest BCUT2D eigenvalue weighted by molar-refractivity contribution is 0.0180. The van der Waals surface area contributed by atoms with Crippen LogP contribution in [0.2, 0.25) is 0 Å². The molecule has 0 radical (unpaired) electrons. The number of aliphatic hydroxyl groups is 2. The van der Waals surface area contributed by atoms with Crippen molar-refractivity contribution in [2.24, 2.45) is 23.7 Å². The highest BCUT2D eigenvalue weighted by Crippen LogP contribution is 2.19. The van der Waals surface area contributed by atoms with Crippen LogP contribution >= 0.6 is 0 Å². The maximum atomic E-state index is 9.00. The Hall–Kier alpha value is -0.160. The lowest BCUT2D eigenvalue weighted by Crippen LogP contribution is -2.25. The zero-order valence-electron chi connectivity index (χ0n) is 18.8. The molecule has 0 amide bonds. The van der Waals surface area contributed by atoms with E-state index in [2.05, 4.69) is 27.7 Å². The summed E-state index contributed by atoms with van der Waals surface area (Å²) < 4.78 is 10.7. The fourth-order valence-corrected chi connectivity index (χ4v) is 3.09. The predicted molar refractivity (Wildman–Crippen MR) is 111 cm³/mol. The minimum absolute atomic E-state index is 0.214. The molecule has 0 heterocycles. The van der Waals surface area contributed by atoms with Crippen LogP contribution in [0.25, 0.3) is 0 Å². The number of hydrogen-bond donors (Lipinski definition) is 2. The van der Waals surface area contributed by atoms with Crippen molar-refractivity contribution in [1.82, 2.24) is 0 Å². The van der Waals surface area contributed by atoms with Gasteiger partial charge in [0.15, 0.2) is 0 Å². The van der Waals surface area contributed by atoms with Gasteiger partial charge in [-0.05, 0) is 31.1 Å². The van der Waals surface area contributed by atoms with E-state index < -0.39 is 0 Å². The van der Waals surface area contributed by atoms with Gasteiger partial charge in [-0.15, -0.1) is 0 Å². The lowest BCUT2D eigenvalue weighted by atomic mass is 9.92. The summed E-state index contributed by atoms with van der Waals surface area (Å²) in [5.74, 6) is 1.98. The van der Waals surface area contributed by atoms with Crippen LogP contribution in [0, 0.1) is 23.7 Å². The highest BCUT2D eigenvalue weighted by molar-refractivity contribution is 4.68. The van der Waals surface area contributed by atoms with E-state index in [1.54, 1.807) is 14.2 Å². The molecule has 0 fully saturated rings. The summed E-state index contributed by atoms with van der Waals surface area (Å²) >= 11 is 0. The average molecular weight is 377 g/mol. The maximum absolute atomic E-state index is 9.00. The van der Waals surface area contributed by atoms with E-state index in [4.69, 9.17) is 19.7 Å². The molecule has 0 aromatic carbocycles. The Labute approximate surface area is 163 Å². The normalized spacial score (nSPS) is 18.2. The number of rotatable bonds is 14. The minimum atomic E-state index is 0.214. The fraction of sp³-hybridized carbons (Fsp3) is 1.00. The van der Waals surface area contributed by atoms with Gasteiger partial charge in [-0.25, -0.2) is 0 Å². The molecule has 0 aromatic rings. The van der Waals surface area contributed by atoms with E-state index in [1.807, 2.05) is 13.8 Å². The molecule has 0 aliphatic rings. The largest absolute Gasteiger partial charge is 0.396 e. The molecule has 0 rings (SSSR count). The molecular formula is C22H48O4. The van der Waals surface area contributed by atoms with Gasteiger partial charge < -0.3 is 19.7 Å². The number of hydrogen-bond acceptors (Lipinski definition) is 4. The Balaban J connectivity index is 0. The molecule has 0 saturated heterocycles. The second-order valence-electron chi connectivity index (χ2n) is 8.09. The van der Waals surface area contributed by atoms with Crippen molar-refractivity contribution in [3.63, 3.8) is 0 Å². The lowest BCUT2D eigenvalue weighted by Gasteiger charge is -2.23. The Morgan fingerprint density at radius 2 is 1.19 bits per heavy atom. The Morgan fingerprint density at radius 1 is 0.692 bits per heavy atom. The molecule has 26 heavy (non-hydrogen) atoms. The van der Waals surface area contributed by atoms with E-state index in [0.29, 0.717) is 5.92 Å². The van der Waals surface area contributed by atoms with Gasteiger partial charge in [-0.2, -0.15) is 0 Å². The van der Waals surface area contributed by atoms with Crippen molar-refractivity contribution in [1.29, 1.82) is 0 Å². The molecule has 4 heteroatoms. The Bertz CT molecular complexity index is 285. The fourth-order valence-electron chi connectivity index (χ4n) is 3.09. The summed E-state index contributed by atoms with van der Waals surface area (Å²) in [5, 5.41) is 18.0. The van der Waals surface area contributed by atoms with Gasteiger partial charge in [0.05, 0.1) is 12.2 Å². The smallest absolute Gasteiger partial charge is 0.0621 e. The number of methoxy groups -OCH3 is 2. The van der Waals surface area contributed by atoms with Gasteiger partial charge in [-0.3, -0.25) is 0 Å². The van der Waals surface area contributed by atoms with Gasteiger partial charge in [-0.1, -0.05) is 60.8 Å². The van der Waals surface area contributed by atoms with E-state index in [0.717, 1.165) is 18.8 Å². The van der Waals surface area contributed by atoms with Gasteiger partial charge in [0.2, 0.25) is 0 Å². The molecule has 0 spiro atoms. The zero-order valence-corrected chi connectivity index (χ0v) is 18.8. The van der Waals surface area contributed by atoms with Crippen LogP contribution in [0.15, 0.2) is 0 Å². The van der Waals surface area contributed by atoms with Crippen molar-refractivity contribution in [2.75, 3.05) is 27.4 Å². The molecule has 0 aromatic heterocycles. The average Bonchev–Trinajstić information content (AvgIpc) is 2.65. The van der Waals surface area contributed by atoms with Gasteiger partial charge >= 0.3 is 0 Å². The molecule has 6 unspecified atom stereocenters. The van der Waals surface area contributed by atoms with Crippen LogP contribution in [0.4, 0.5) is 0 Å². The van der Waals surface area contributed by atoms with Gasteiger partial charge in [0, 0.05) is 39.3 Å². The Kier molecular flexibility index (Phi) is 19.7. The third-order valence-electron chi connectivity index (χ3n) is 5.51. The monoisotopic (exact) mass is 376 g/mol. The van der Waals surface area contributed by atoms with E-state index in [1.165, 1.54) is 25.7 Å². The molecule has 6 atom stereocenters.